The SMILES string of the molecule is Cc1cc(C(=O)N2CCN(CCCc3nc(-c4cccs4)no3)CC2)nn1-c1ccccc1. The van der Waals surface area contributed by atoms with E-state index < -0.39 is 0 Å². The van der Waals surface area contributed by atoms with Crippen LogP contribution in [0.2, 0.25) is 0 Å². The predicted octanol–water partition coefficient (Wildman–Crippen LogP) is 3.68. The molecule has 170 valence electrons. The molecule has 0 radical (unpaired) electrons. The van der Waals surface area contributed by atoms with E-state index in [0.29, 0.717) is 30.5 Å². The van der Waals surface area contributed by atoms with Gasteiger partial charge in [-0.1, -0.05) is 29.4 Å². The van der Waals surface area contributed by atoms with E-state index >= 15 is 0 Å². The second kappa shape index (κ2) is 9.68. The average molecular weight is 463 g/mol. The molecule has 0 bridgehead atoms. The number of thiophene rings is 1. The number of aryl methyl sites for hydroxylation is 2. The lowest BCUT2D eigenvalue weighted by Crippen LogP contribution is -2.49. The minimum absolute atomic E-state index is 0.000558. The topological polar surface area (TPSA) is 80.3 Å². The van der Waals surface area contributed by atoms with E-state index in [4.69, 9.17) is 4.52 Å². The summed E-state index contributed by atoms with van der Waals surface area (Å²) in [7, 11) is 0. The normalized spacial score (nSPS) is 14.6. The molecule has 9 heteroatoms. The largest absolute Gasteiger partial charge is 0.339 e. The van der Waals surface area contributed by atoms with E-state index in [1.54, 1.807) is 11.3 Å². The Bertz CT molecular complexity index is 1190. The minimum Gasteiger partial charge on any atom is -0.339 e. The van der Waals surface area contributed by atoms with Gasteiger partial charge in [0.15, 0.2) is 5.69 Å². The molecular weight excluding hydrogens is 436 g/mol. The van der Waals surface area contributed by atoms with Crippen molar-refractivity contribution in [2.75, 3.05) is 32.7 Å². The first-order valence-corrected chi connectivity index (χ1v) is 12.1. The van der Waals surface area contributed by atoms with Gasteiger partial charge in [0.1, 0.15) is 0 Å². The monoisotopic (exact) mass is 462 g/mol. The Morgan fingerprint density at radius 1 is 1.09 bits per heavy atom. The van der Waals surface area contributed by atoms with Crippen molar-refractivity contribution in [2.24, 2.45) is 0 Å². The number of aromatic nitrogens is 4. The Morgan fingerprint density at radius 2 is 1.91 bits per heavy atom. The summed E-state index contributed by atoms with van der Waals surface area (Å²) in [5.41, 5.74) is 2.41. The van der Waals surface area contributed by atoms with Crippen molar-refractivity contribution >= 4 is 17.2 Å². The van der Waals surface area contributed by atoms with Crippen LogP contribution in [0.15, 0.2) is 58.4 Å². The quantitative estimate of drug-likeness (QED) is 0.417. The lowest BCUT2D eigenvalue weighted by atomic mass is 10.2. The molecule has 0 N–H and O–H groups in total. The number of carbonyl (C=O) groups excluding carboxylic acids is 1. The summed E-state index contributed by atoms with van der Waals surface area (Å²) in [6.45, 7) is 6.04. The van der Waals surface area contributed by atoms with Crippen molar-refractivity contribution < 1.29 is 9.32 Å². The number of hydrogen-bond donors (Lipinski definition) is 0. The molecule has 1 fully saturated rings. The highest BCUT2D eigenvalue weighted by atomic mass is 32.1. The highest BCUT2D eigenvalue weighted by Gasteiger charge is 2.24. The number of para-hydroxylation sites is 1. The molecule has 1 aliphatic heterocycles. The van der Waals surface area contributed by atoms with Crippen LogP contribution in [-0.2, 0) is 6.42 Å². The molecule has 4 aromatic rings. The lowest BCUT2D eigenvalue weighted by molar-refractivity contribution is 0.0629. The van der Waals surface area contributed by atoms with Crippen molar-refractivity contribution in [2.45, 2.75) is 19.8 Å². The van der Waals surface area contributed by atoms with Crippen LogP contribution < -0.4 is 0 Å². The Balaban J connectivity index is 1.10. The van der Waals surface area contributed by atoms with Crippen molar-refractivity contribution in [3.63, 3.8) is 0 Å². The second-order valence-corrected chi connectivity index (χ2v) is 9.09. The summed E-state index contributed by atoms with van der Waals surface area (Å²) in [6.07, 6.45) is 1.70. The fourth-order valence-corrected chi connectivity index (χ4v) is 4.71. The van der Waals surface area contributed by atoms with E-state index in [2.05, 4.69) is 20.1 Å². The molecule has 5 rings (SSSR count). The number of benzene rings is 1. The van der Waals surface area contributed by atoms with E-state index in [0.717, 1.165) is 48.7 Å². The maximum absolute atomic E-state index is 13.0. The van der Waals surface area contributed by atoms with Crippen LogP contribution in [0, 0.1) is 6.92 Å². The van der Waals surface area contributed by atoms with E-state index in [9.17, 15) is 4.79 Å². The van der Waals surface area contributed by atoms with Gasteiger partial charge in [0, 0.05) is 38.3 Å². The molecule has 8 nitrogen and oxygen atoms in total. The highest BCUT2D eigenvalue weighted by Crippen LogP contribution is 2.21. The molecule has 1 saturated heterocycles. The first-order valence-electron chi connectivity index (χ1n) is 11.2. The fraction of sp³-hybridized carbons (Fsp3) is 0.333. The van der Waals surface area contributed by atoms with E-state index in [1.165, 1.54) is 0 Å². The molecule has 4 heterocycles. The third-order valence-corrected chi connectivity index (χ3v) is 6.71. The van der Waals surface area contributed by atoms with Gasteiger partial charge >= 0.3 is 0 Å². The van der Waals surface area contributed by atoms with E-state index in [1.807, 2.05) is 70.4 Å². The zero-order valence-corrected chi connectivity index (χ0v) is 19.4. The summed E-state index contributed by atoms with van der Waals surface area (Å²) < 4.78 is 7.21. The lowest BCUT2D eigenvalue weighted by Gasteiger charge is -2.34. The first kappa shape index (κ1) is 21.5. The average Bonchev–Trinajstić information content (AvgIpc) is 3.61. The van der Waals surface area contributed by atoms with Crippen molar-refractivity contribution in [3.8, 4) is 16.4 Å². The molecule has 0 unspecified atom stereocenters. The van der Waals surface area contributed by atoms with Crippen LogP contribution in [0.4, 0.5) is 0 Å². The van der Waals surface area contributed by atoms with Crippen LogP contribution in [0.3, 0.4) is 0 Å². The highest BCUT2D eigenvalue weighted by molar-refractivity contribution is 7.13. The molecule has 1 amide bonds. The number of hydrogen-bond acceptors (Lipinski definition) is 7. The van der Waals surface area contributed by atoms with Gasteiger partial charge in [0.2, 0.25) is 11.7 Å². The summed E-state index contributed by atoms with van der Waals surface area (Å²) in [5.74, 6) is 1.34. The number of amides is 1. The van der Waals surface area contributed by atoms with Crippen molar-refractivity contribution in [3.05, 3.63) is 71.2 Å². The minimum atomic E-state index is -0.000558. The number of carbonyl (C=O) groups is 1. The Morgan fingerprint density at radius 3 is 2.67 bits per heavy atom. The van der Waals surface area contributed by atoms with Gasteiger partial charge < -0.3 is 9.42 Å². The predicted molar refractivity (Wildman–Crippen MR) is 127 cm³/mol. The summed E-state index contributed by atoms with van der Waals surface area (Å²) in [6, 6.07) is 15.7. The van der Waals surface area contributed by atoms with Crippen LogP contribution in [0.5, 0.6) is 0 Å². The third kappa shape index (κ3) is 4.89. The van der Waals surface area contributed by atoms with Gasteiger partial charge in [-0.3, -0.25) is 9.69 Å². The number of nitrogens with zero attached hydrogens (tertiary/aromatic N) is 6. The zero-order valence-electron chi connectivity index (χ0n) is 18.6. The standard InChI is InChI=1S/C24H26N6O2S/c1-18-17-20(26-30(18)19-7-3-2-4-8-19)24(31)29-14-12-28(13-15-29)11-5-10-22-25-23(27-32-22)21-9-6-16-33-21/h2-4,6-9,16-17H,5,10-15H2,1H3. The van der Waals surface area contributed by atoms with Crippen molar-refractivity contribution in [1.29, 1.82) is 0 Å². The number of rotatable bonds is 7. The molecule has 0 atom stereocenters. The zero-order chi connectivity index (χ0) is 22.6. The molecular formula is C24H26N6O2S. The smallest absolute Gasteiger partial charge is 0.274 e. The van der Waals surface area contributed by atoms with Gasteiger partial charge in [0.25, 0.3) is 5.91 Å². The van der Waals surface area contributed by atoms with Crippen molar-refractivity contribution in [1.82, 2.24) is 29.7 Å². The molecule has 0 saturated carbocycles. The molecule has 0 spiro atoms. The van der Waals surface area contributed by atoms with Gasteiger partial charge in [-0.2, -0.15) is 10.1 Å². The summed E-state index contributed by atoms with van der Waals surface area (Å²) in [5, 5.41) is 10.6. The van der Waals surface area contributed by atoms with Gasteiger partial charge in [0.05, 0.1) is 10.6 Å². The maximum Gasteiger partial charge on any atom is 0.274 e. The fourth-order valence-electron chi connectivity index (χ4n) is 4.06. The van der Waals surface area contributed by atoms with Crippen LogP contribution in [-0.4, -0.2) is 68.4 Å². The maximum atomic E-state index is 13.0. The Hall–Kier alpha value is -3.30. The van der Waals surface area contributed by atoms with Crippen LogP contribution in [0.1, 0.15) is 28.5 Å². The van der Waals surface area contributed by atoms with Gasteiger partial charge in [-0.15, -0.1) is 11.3 Å². The second-order valence-electron chi connectivity index (χ2n) is 8.14. The molecule has 1 aliphatic rings. The molecule has 3 aromatic heterocycles. The summed E-state index contributed by atoms with van der Waals surface area (Å²) in [4.78, 5) is 22.8. The van der Waals surface area contributed by atoms with Gasteiger partial charge in [-0.25, -0.2) is 4.68 Å². The molecule has 1 aromatic carbocycles. The first-order chi connectivity index (χ1) is 16.2. The molecule has 33 heavy (non-hydrogen) atoms. The summed E-state index contributed by atoms with van der Waals surface area (Å²) >= 11 is 1.61. The number of piperazine rings is 1. The van der Waals surface area contributed by atoms with Gasteiger partial charge in [-0.05, 0) is 49.5 Å². The molecule has 0 aliphatic carbocycles. The Labute approximate surface area is 196 Å². The van der Waals surface area contributed by atoms with E-state index in [-0.39, 0.29) is 5.91 Å². The Kier molecular flexibility index (Phi) is 6.32. The third-order valence-electron chi connectivity index (χ3n) is 5.84. The van der Waals surface area contributed by atoms with Crippen LogP contribution >= 0.6 is 11.3 Å². The van der Waals surface area contributed by atoms with Crippen LogP contribution in [0.25, 0.3) is 16.4 Å².